The van der Waals surface area contributed by atoms with E-state index in [0.717, 1.165) is 16.7 Å². The van der Waals surface area contributed by atoms with Gasteiger partial charge in [-0.05, 0) is 29.7 Å². The van der Waals surface area contributed by atoms with Gasteiger partial charge >= 0.3 is 0 Å². The zero-order chi connectivity index (χ0) is 15.3. The molecule has 0 aromatic heterocycles. The molecule has 112 valence electrons. The SMILES string of the molecule is O=C1c2ccccc2C[C@@]12[C@H](O)CS[C@@H]2c1ccc(F)cc1. The Balaban J connectivity index is 1.82. The molecule has 1 aliphatic carbocycles. The number of aliphatic hydroxyl groups is 1. The Bertz CT molecular complexity index is 743. The van der Waals surface area contributed by atoms with Gasteiger partial charge < -0.3 is 5.11 Å². The smallest absolute Gasteiger partial charge is 0.173 e. The second kappa shape index (κ2) is 4.93. The zero-order valence-corrected chi connectivity index (χ0v) is 12.6. The molecule has 22 heavy (non-hydrogen) atoms. The first-order chi connectivity index (χ1) is 10.6. The van der Waals surface area contributed by atoms with Gasteiger partial charge in [0, 0.05) is 16.6 Å². The molecular formula is C18H15FO2S. The number of Topliss-reactive ketones (excluding diaryl/α,β-unsaturated/α-hetero) is 1. The van der Waals surface area contributed by atoms with Crippen LogP contribution in [0.25, 0.3) is 0 Å². The lowest BCUT2D eigenvalue weighted by molar-refractivity contribution is 0.0435. The predicted octanol–water partition coefficient (Wildman–Crippen LogP) is 3.40. The maximum absolute atomic E-state index is 13.2. The van der Waals surface area contributed by atoms with Crippen molar-refractivity contribution in [2.45, 2.75) is 17.8 Å². The van der Waals surface area contributed by atoms with Crippen molar-refractivity contribution >= 4 is 17.5 Å². The van der Waals surface area contributed by atoms with E-state index in [2.05, 4.69) is 0 Å². The summed E-state index contributed by atoms with van der Waals surface area (Å²) in [6, 6.07) is 13.9. The molecule has 3 atom stereocenters. The van der Waals surface area contributed by atoms with Crippen molar-refractivity contribution in [1.82, 2.24) is 0 Å². The molecule has 1 aliphatic heterocycles. The minimum atomic E-state index is -0.813. The lowest BCUT2D eigenvalue weighted by atomic mass is 9.73. The molecule has 2 aromatic carbocycles. The van der Waals surface area contributed by atoms with Crippen LogP contribution in [0, 0.1) is 11.2 Å². The molecule has 4 rings (SSSR count). The number of thioether (sulfide) groups is 1. The number of halogens is 1. The average Bonchev–Trinajstić information content (AvgIpc) is 3.01. The lowest BCUT2D eigenvalue weighted by Gasteiger charge is -2.31. The number of carbonyl (C=O) groups excluding carboxylic acids is 1. The molecular weight excluding hydrogens is 299 g/mol. The van der Waals surface area contributed by atoms with Crippen molar-refractivity contribution in [3.05, 3.63) is 71.0 Å². The Morgan fingerprint density at radius 2 is 1.86 bits per heavy atom. The van der Waals surface area contributed by atoms with Crippen molar-refractivity contribution in [2.24, 2.45) is 5.41 Å². The lowest BCUT2D eigenvalue weighted by Crippen LogP contribution is -2.41. The minimum Gasteiger partial charge on any atom is -0.391 e. The number of ketones is 1. The third kappa shape index (κ3) is 1.80. The van der Waals surface area contributed by atoms with Crippen molar-refractivity contribution in [3.63, 3.8) is 0 Å². The maximum atomic E-state index is 13.2. The molecule has 0 unspecified atom stereocenters. The van der Waals surface area contributed by atoms with Crippen LogP contribution in [0.4, 0.5) is 4.39 Å². The minimum absolute atomic E-state index is 0.0231. The van der Waals surface area contributed by atoms with Crippen LogP contribution in [-0.4, -0.2) is 22.7 Å². The Labute approximate surface area is 132 Å². The van der Waals surface area contributed by atoms with Gasteiger partial charge in [-0.1, -0.05) is 36.4 Å². The third-order valence-corrected chi connectivity index (χ3v) is 6.36. The first-order valence-corrected chi connectivity index (χ1v) is 8.35. The Kier molecular flexibility index (Phi) is 3.13. The second-order valence-electron chi connectivity index (χ2n) is 5.98. The zero-order valence-electron chi connectivity index (χ0n) is 11.8. The van der Waals surface area contributed by atoms with Gasteiger partial charge in [-0.15, -0.1) is 11.8 Å². The summed E-state index contributed by atoms with van der Waals surface area (Å²) in [5, 5.41) is 10.5. The predicted molar refractivity (Wildman–Crippen MR) is 84.5 cm³/mol. The van der Waals surface area contributed by atoms with Crippen molar-refractivity contribution in [3.8, 4) is 0 Å². The number of rotatable bonds is 1. The number of hydrogen-bond donors (Lipinski definition) is 1. The fourth-order valence-electron chi connectivity index (χ4n) is 3.71. The van der Waals surface area contributed by atoms with Gasteiger partial charge in [0.05, 0.1) is 11.5 Å². The van der Waals surface area contributed by atoms with E-state index in [-0.39, 0.29) is 16.9 Å². The van der Waals surface area contributed by atoms with E-state index in [1.54, 1.807) is 23.9 Å². The molecule has 0 bridgehead atoms. The highest BCUT2D eigenvalue weighted by atomic mass is 32.2. The second-order valence-corrected chi connectivity index (χ2v) is 7.12. The molecule has 0 saturated carbocycles. The number of hydrogen-bond acceptors (Lipinski definition) is 3. The third-order valence-electron chi connectivity index (χ3n) is 4.82. The van der Waals surface area contributed by atoms with E-state index in [0.29, 0.717) is 12.2 Å². The molecule has 4 heteroatoms. The largest absolute Gasteiger partial charge is 0.391 e. The Hall–Kier alpha value is -1.65. The van der Waals surface area contributed by atoms with Gasteiger partial charge in [0.15, 0.2) is 5.78 Å². The molecule has 2 aliphatic rings. The molecule has 1 saturated heterocycles. The Morgan fingerprint density at radius 3 is 2.59 bits per heavy atom. The number of fused-ring (bicyclic) bond motifs is 1. The van der Waals surface area contributed by atoms with Crippen LogP contribution in [-0.2, 0) is 6.42 Å². The summed E-state index contributed by atoms with van der Waals surface area (Å²) in [5.74, 6) is 0.263. The number of carbonyl (C=O) groups is 1. The molecule has 2 aromatic rings. The molecule has 1 N–H and O–H groups in total. The Morgan fingerprint density at radius 1 is 1.14 bits per heavy atom. The van der Waals surface area contributed by atoms with Gasteiger partial charge in [0.1, 0.15) is 5.82 Å². The monoisotopic (exact) mass is 314 g/mol. The molecule has 1 spiro atoms. The van der Waals surface area contributed by atoms with E-state index in [9.17, 15) is 14.3 Å². The van der Waals surface area contributed by atoms with Crippen LogP contribution >= 0.6 is 11.8 Å². The molecule has 0 amide bonds. The molecule has 0 radical (unpaired) electrons. The molecule has 2 nitrogen and oxygen atoms in total. The highest BCUT2D eigenvalue weighted by Gasteiger charge is 2.59. The fourth-order valence-corrected chi connectivity index (χ4v) is 5.38. The van der Waals surface area contributed by atoms with Crippen molar-refractivity contribution < 1.29 is 14.3 Å². The summed E-state index contributed by atoms with van der Waals surface area (Å²) in [4.78, 5) is 13.0. The van der Waals surface area contributed by atoms with Crippen LogP contribution in [0.5, 0.6) is 0 Å². The summed E-state index contributed by atoms with van der Waals surface area (Å²) >= 11 is 1.59. The maximum Gasteiger partial charge on any atom is 0.173 e. The summed E-state index contributed by atoms with van der Waals surface area (Å²) in [5.41, 5.74) is 1.81. The normalized spacial score (nSPS) is 30.0. The van der Waals surface area contributed by atoms with Gasteiger partial charge in [-0.3, -0.25) is 4.79 Å². The number of benzene rings is 2. The summed E-state index contributed by atoms with van der Waals surface area (Å²) in [6.07, 6.45) is -0.120. The molecule has 1 heterocycles. The van der Waals surface area contributed by atoms with Crippen molar-refractivity contribution in [1.29, 1.82) is 0 Å². The fraction of sp³-hybridized carbons (Fsp3) is 0.278. The van der Waals surface area contributed by atoms with Crippen LogP contribution in [0.3, 0.4) is 0 Å². The van der Waals surface area contributed by atoms with E-state index in [1.165, 1.54) is 12.1 Å². The van der Waals surface area contributed by atoms with Gasteiger partial charge in [-0.25, -0.2) is 4.39 Å². The number of aliphatic hydroxyl groups excluding tert-OH is 1. The summed E-state index contributed by atoms with van der Waals surface area (Å²) in [7, 11) is 0. The highest BCUT2D eigenvalue weighted by Crippen LogP contribution is 2.59. The quantitative estimate of drug-likeness (QED) is 0.876. The van der Waals surface area contributed by atoms with Crippen LogP contribution < -0.4 is 0 Å². The first-order valence-electron chi connectivity index (χ1n) is 7.31. The topological polar surface area (TPSA) is 37.3 Å². The van der Waals surface area contributed by atoms with Gasteiger partial charge in [0.2, 0.25) is 0 Å². The van der Waals surface area contributed by atoms with E-state index in [4.69, 9.17) is 0 Å². The summed E-state index contributed by atoms with van der Waals surface area (Å²) < 4.78 is 13.2. The van der Waals surface area contributed by atoms with Crippen molar-refractivity contribution in [2.75, 3.05) is 5.75 Å². The van der Waals surface area contributed by atoms with Crippen LogP contribution in [0.1, 0.15) is 26.7 Å². The van der Waals surface area contributed by atoms with E-state index >= 15 is 0 Å². The standard InChI is InChI=1S/C18H15FO2S/c19-13-7-5-11(6-8-13)17-18(15(20)10-22-17)9-12-3-1-2-4-14(12)16(18)21/h1-8,15,17,20H,9-10H2/t15-,17-,18-/m1/s1. The van der Waals surface area contributed by atoms with E-state index < -0.39 is 11.5 Å². The van der Waals surface area contributed by atoms with Crippen LogP contribution in [0.15, 0.2) is 48.5 Å². The highest BCUT2D eigenvalue weighted by molar-refractivity contribution is 7.99. The van der Waals surface area contributed by atoms with Gasteiger partial charge in [0.25, 0.3) is 0 Å². The molecule has 1 fully saturated rings. The first kappa shape index (κ1) is 14.0. The van der Waals surface area contributed by atoms with Gasteiger partial charge in [-0.2, -0.15) is 0 Å². The average molecular weight is 314 g/mol. The van der Waals surface area contributed by atoms with Crippen LogP contribution in [0.2, 0.25) is 0 Å². The summed E-state index contributed by atoms with van der Waals surface area (Å²) in [6.45, 7) is 0. The van der Waals surface area contributed by atoms with E-state index in [1.807, 2.05) is 24.3 Å².